The number of nitrogens with zero attached hydrogens (tertiary/aromatic N) is 3. The lowest BCUT2D eigenvalue weighted by atomic mass is 9.70. The highest BCUT2D eigenvalue weighted by Gasteiger charge is 2.65. The molecule has 0 spiro atoms. The van der Waals surface area contributed by atoms with E-state index < -0.39 is 20.2 Å². The largest absolute Gasteiger partial charge is 0.707 e. The van der Waals surface area contributed by atoms with E-state index in [0.717, 1.165) is 61.0 Å². The van der Waals surface area contributed by atoms with Crippen molar-refractivity contribution in [3.05, 3.63) is 106 Å². The molecule has 0 heterocycles. The van der Waals surface area contributed by atoms with Crippen molar-refractivity contribution in [1.82, 2.24) is 8.97 Å². The molecule has 6 aliphatic rings. The van der Waals surface area contributed by atoms with Crippen LogP contribution in [0.2, 0.25) is 0 Å². The molecule has 0 aliphatic heterocycles. The van der Waals surface area contributed by atoms with Gasteiger partial charge in [0.05, 0.1) is 71.6 Å². The fraction of sp³-hybridized carbons (Fsp3) is 0.636. The first-order chi connectivity index (χ1) is 37.8. The van der Waals surface area contributed by atoms with Gasteiger partial charge >= 0.3 is 0 Å². The van der Waals surface area contributed by atoms with Crippen molar-refractivity contribution in [2.75, 3.05) is 71.3 Å². The lowest BCUT2D eigenvalue weighted by Gasteiger charge is -2.36. The minimum absolute atomic E-state index is 0.0299. The molecule has 3 aromatic rings. The highest BCUT2D eigenvalue weighted by Crippen LogP contribution is 2.70. The topological polar surface area (TPSA) is 197 Å². The van der Waals surface area contributed by atoms with Crippen LogP contribution in [0.25, 0.3) is 18.2 Å². The number of benzene rings is 3. The molecule has 9 unspecified atom stereocenters. The lowest BCUT2D eigenvalue weighted by molar-refractivity contribution is -0.634. The Balaban J connectivity index is 0.000000205. The predicted octanol–water partition coefficient (Wildman–Crippen LogP) is 10.5. The third kappa shape index (κ3) is 13.6. The summed E-state index contributed by atoms with van der Waals surface area (Å²) in [6.07, 6.45) is 14.3. The van der Waals surface area contributed by atoms with Crippen LogP contribution in [0.4, 0.5) is 17.1 Å². The highest BCUT2D eigenvalue weighted by molar-refractivity contribution is 7.86. The van der Waals surface area contributed by atoms with Gasteiger partial charge in [-0.05, 0) is 201 Å². The van der Waals surface area contributed by atoms with E-state index in [1.54, 1.807) is 0 Å². The summed E-state index contributed by atoms with van der Waals surface area (Å²) in [4.78, 5) is 2.35. The molecule has 82 heavy (non-hydrogen) atoms. The van der Waals surface area contributed by atoms with Gasteiger partial charge < -0.3 is 39.4 Å². The summed E-state index contributed by atoms with van der Waals surface area (Å²) in [7, 11) is -0.904. The monoisotopic (exact) mass is 1180 g/mol. The predicted molar refractivity (Wildman–Crippen MR) is 334 cm³/mol. The van der Waals surface area contributed by atoms with E-state index in [-0.39, 0.29) is 50.8 Å². The fourth-order valence-corrected chi connectivity index (χ4v) is 15.1. The third-order valence-corrected chi connectivity index (χ3v) is 22.5. The van der Waals surface area contributed by atoms with Crippen molar-refractivity contribution in [1.29, 1.82) is 0 Å². The van der Waals surface area contributed by atoms with Crippen LogP contribution in [0.15, 0.2) is 89.5 Å². The van der Waals surface area contributed by atoms with Crippen molar-refractivity contribution in [3.8, 4) is 0 Å². The molecule has 0 radical (unpaired) electrons. The number of hydrogen-bond acceptors (Lipinski definition) is 12. The Bertz CT molecular complexity index is 2920. The zero-order valence-electron chi connectivity index (χ0n) is 53.2. The van der Waals surface area contributed by atoms with E-state index in [1.807, 2.05) is 0 Å². The van der Waals surface area contributed by atoms with Crippen LogP contribution in [0, 0.1) is 50.2 Å². The molecule has 9 rings (SSSR count). The van der Waals surface area contributed by atoms with Gasteiger partial charge in [0, 0.05) is 35.0 Å². The molecule has 9 atom stereocenters. The maximum absolute atomic E-state index is 11.0. The molecule has 460 valence electrons. The maximum atomic E-state index is 11.0. The van der Waals surface area contributed by atoms with Crippen LogP contribution in [-0.4, -0.2) is 117 Å². The molecule has 6 aliphatic carbocycles. The van der Waals surface area contributed by atoms with Gasteiger partial charge in [0.2, 0.25) is 0 Å². The van der Waals surface area contributed by atoms with Gasteiger partial charge in [-0.15, -0.1) is 0 Å². The van der Waals surface area contributed by atoms with Gasteiger partial charge in [0.25, 0.3) is 20.2 Å². The first-order valence-electron chi connectivity index (χ1n) is 29.7. The summed E-state index contributed by atoms with van der Waals surface area (Å²) >= 11 is 0. The Kier molecular flexibility index (Phi) is 21.6. The number of anilines is 1. The molecule has 3 N–H and O–H groups in total. The first kappa shape index (κ1) is 69.0. The van der Waals surface area contributed by atoms with E-state index in [4.69, 9.17) is 10.5 Å². The zero-order chi connectivity index (χ0) is 62.0. The van der Waals surface area contributed by atoms with Crippen LogP contribution in [0.3, 0.4) is 0 Å². The second-order valence-corrected chi connectivity index (χ2v) is 30.5. The summed E-state index contributed by atoms with van der Waals surface area (Å²) in [6, 6.07) is 26.6. The average Bonchev–Trinajstić information content (AvgIpc) is 1.92. The smallest absolute Gasteiger partial charge is 0.255 e. The molecular weight excluding hydrogens is 1070 g/mol. The van der Waals surface area contributed by atoms with E-state index in [2.05, 4.69) is 223 Å². The normalized spacial score (nSPS) is 30.5. The Morgan fingerprint density at radius 1 is 0.500 bits per heavy atom. The molecule has 6 bridgehead atoms. The van der Waals surface area contributed by atoms with Gasteiger partial charge in [0.1, 0.15) is 11.4 Å². The molecule has 0 aromatic heterocycles. The minimum Gasteiger partial charge on any atom is -0.707 e. The highest BCUT2D eigenvalue weighted by atomic mass is 32.2. The van der Waals surface area contributed by atoms with Crippen molar-refractivity contribution >= 4 is 55.5 Å². The van der Waals surface area contributed by atoms with Gasteiger partial charge in [-0.1, -0.05) is 92.7 Å². The summed E-state index contributed by atoms with van der Waals surface area (Å²) in [6.45, 7) is 37.4. The Labute approximate surface area is 494 Å². The lowest BCUT2D eigenvalue weighted by Crippen LogP contribution is -2.48. The molecule has 16 heteroatoms. The van der Waals surface area contributed by atoms with Crippen LogP contribution >= 0.6 is 0 Å². The van der Waals surface area contributed by atoms with E-state index in [1.165, 1.54) is 69.7 Å². The molecule has 6 saturated carbocycles. The van der Waals surface area contributed by atoms with Gasteiger partial charge in [-0.2, -0.15) is 0 Å². The summed E-state index contributed by atoms with van der Waals surface area (Å²) in [5, 5.41) is 50.4. The van der Waals surface area contributed by atoms with Crippen LogP contribution in [0.1, 0.15) is 152 Å². The maximum Gasteiger partial charge on any atom is 0.255 e. The Morgan fingerprint density at radius 2 is 0.756 bits per heavy atom. The number of rotatable bonds is 13. The van der Waals surface area contributed by atoms with Gasteiger partial charge in [0.15, 0.2) is 0 Å². The number of hydrogen-bond donors (Lipinski definition) is 3. The van der Waals surface area contributed by atoms with Crippen molar-refractivity contribution in [2.45, 2.75) is 154 Å². The standard InChI is InChI=1S/C23H36NO.C21H31NO.C20H30NO.2CH4O4S/c1-7-24(8-2,9-3)18-12-10-17(11-13-18)16-19-20-14-15-23(6,21(19)25)22(20,4)5;1-6-22(7-2)16-10-8-15(9-11-16)14-17-18-12-13-21(5,19(17)23)20(18,3)4;1-19(2)17-11-12-20(19,3)18(22)16(17)13-14-7-9-15(10-8-14)21(4,5)6;2*1-6(3,4)5-2/h10-13,16,20-21,25H,7-9,14-15H2,1-6H3;8-11,14,18-19,23H,6-7,12-13H2,1-5H3;7-10,13,17-18,22H,11-12H2,1-6H3;2*2H,1H3/q+1;;+1;;/p-2/b19-16+;17-14+;16-13+;;. The quantitative estimate of drug-likeness (QED) is 0.0833. The molecule has 0 saturated heterocycles. The van der Waals surface area contributed by atoms with E-state index in [9.17, 15) is 32.2 Å². The SMILES string of the molecule is CC1(C)C2CCC1(C)C(O)/C2=C/c1ccc([N+](C)(C)C)cc1.CCN(CC)c1ccc(/C=C2\C3CCC(C)(C2O)C3(C)C)cc1.CC[N+](CC)(CC)c1ccc(/C=C2\C3CCC(C)(C2O)C3(C)C)cc1.CS(=O)(=O)O[O-].CS(=O)(=O)O[O-]. The zero-order valence-corrected chi connectivity index (χ0v) is 54.8. The van der Waals surface area contributed by atoms with Crippen molar-refractivity contribution < 1.29 is 51.3 Å². The van der Waals surface area contributed by atoms with Crippen LogP contribution in [-0.2, 0) is 28.9 Å². The molecule has 0 amide bonds. The van der Waals surface area contributed by atoms with Crippen LogP contribution in [0.5, 0.6) is 0 Å². The number of fused-ring (bicyclic) bond motifs is 6. The van der Waals surface area contributed by atoms with Crippen molar-refractivity contribution in [2.24, 2.45) is 50.2 Å². The number of aliphatic hydroxyl groups excluding tert-OH is 3. The van der Waals surface area contributed by atoms with E-state index >= 15 is 0 Å². The fourth-order valence-electron chi connectivity index (χ4n) is 15.1. The Hall–Kier alpha value is -3.78. The molecule has 6 fully saturated rings. The molecule has 3 aromatic carbocycles. The molecule has 14 nitrogen and oxygen atoms in total. The minimum atomic E-state index is -3.72. The number of quaternary nitrogens is 2. The van der Waals surface area contributed by atoms with Gasteiger partial charge in [-0.25, -0.2) is 16.8 Å². The summed E-state index contributed by atoms with van der Waals surface area (Å²) < 4.78 is 45.0. The number of aliphatic hydroxyl groups is 3. The van der Waals surface area contributed by atoms with Crippen molar-refractivity contribution in [3.63, 3.8) is 0 Å². The summed E-state index contributed by atoms with van der Waals surface area (Å²) in [5.74, 6) is 1.56. The van der Waals surface area contributed by atoms with E-state index in [0.29, 0.717) is 30.3 Å². The Morgan fingerprint density at radius 3 is 0.963 bits per heavy atom. The van der Waals surface area contributed by atoms with Gasteiger partial charge in [-0.3, -0.25) is 8.97 Å². The molecular formula is C66H103N3O11S2. The average molecular weight is 1180 g/mol. The third-order valence-electron chi connectivity index (χ3n) is 22.0. The summed E-state index contributed by atoms with van der Waals surface area (Å²) in [5.41, 5.74) is 12.0. The second kappa shape index (κ2) is 25.7. The second-order valence-electron chi connectivity index (χ2n) is 27.4. The van der Waals surface area contributed by atoms with Crippen LogP contribution < -0.4 is 24.4 Å². The first-order valence-corrected chi connectivity index (χ1v) is 33.4.